The number of rotatable bonds is 0. The van der Waals surface area contributed by atoms with E-state index in [4.69, 9.17) is 0 Å². The minimum Gasteiger partial charge on any atom is -0.0885 e. The van der Waals surface area contributed by atoms with Crippen molar-refractivity contribution in [2.45, 2.75) is 38.5 Å². The van der Waals surface area contributed by atoms with Crippen molar-refractivity contribution in [1.29, 1.82) is 0 Å². The number of hydrogen-bond donors (Lipinski definition) is 0. The van der Waals surface area contributed by atoms with E-state index in [1.807, 2.05) is 0 Å². The Bertz CT molecular complexity index is 166. The minimum absolute atomic E-state index is 0.684. The standard InChI is InChI=1S/C11H16/c1-2-4-8-11(7-3-1)9-5-6-10-11/h1-2,5-6H,3-4,7-10H2. The van der Waals surface area contributed by atoms with Crippen LogP contribution in [-0.4, -0.2) is 0 Å². The van der Waals surface area contributed by atoms with Crippen molar-refractivity contribution < 1.29 is 0 Å². The van der Waals surface area contributed by atoms with Gasteiger partial charge in [-0.3, -0.25) is 0 Å². The summed E-state index contributed by atoms with van der Waals surface area (Å²) in [6.07, 6.45) is 17.6. The predicted octanol–water partition coefficient (Wildman–Crippen LogP) is 3.45. The first-order valence-electron chi connectivity index (χ1n) is 4.71. The van der Waals surface area contributed by atoms with Crippen LogP contribution in [0.4, 0.5) is 0 Å². The van der Waals surface area contributed by atoms with Crippen LogP contribution in [0.25, 0.3) is 0 Å². The molecule has 60 valence electrons. The lowest BCUT2D eigenvalue weighted by atomic mass is 9.78. The van der Waals surface area contributed by atoms with Crippen LogP contribution in [-0.2, 0) is 0 Å². The van der Waals surface area contributed by atoms with Crippen LogP contribution in [0, 0.1) is 5.41 Å². The van der Waals surface area contributed by atoms with Crippen LogP contribution in [0.1, 0.15) is 38.5 Å². The van der Waals surface area contributed by atoms with Gasteiger partial charge in [-0.2, -0.15) is 0 Å². The Balaban J connectivity index is 2.03. The van der Waals surface area contributed by atoms with Crippen molar-refractivity contribution in [1.82, 2.24) is 0 Å². The first-order chi connectivity index (χ1) is 5.41. The van der Waals surface area contributed by atoms with E-state index in [-0.39, 0.29) is 0 Å². The normalized spacial score (nSPS) is 27.6. The number of hydrogen-bond acceptors (Lipinski definition) is 0. The summed E-state index contributed by atoms with van der Waals surface area (Å²) < 4.78 is 0. The molecule has 0 aromatic carbocycles. The zero-order valence-corrected chi connectivity index (χ0v) is 7.05. The highest BCUT2D eigenvalue weighted by Crippen LogP contribution is 2.43. The van der Waals surface area contributed by atoms with Gasteiger partial charge in [-0.1, -0.05) is 24.3 Å². The average molecular weight is 148 g/mol. The van der Waals surface area contributed by atoms with Crippen molar-refractivity contribution in [2.75, 3.05) is 0 Å². The van der Waals surface area contributed by atoms with Crippen LogP contribution in [0.3, 0.4) is 0 Å². The van der Waals surface area contributed by atoms with Gasteiger partial charge in [0.1, 0.15) is 0 Å². The zero-order valence-electron chi connectivity index (χ0n) is 7.05. The third-order valence-corrected chi connectivity index (χ3v) is 3.12. The Kier molecular flexibility index (Phi) is 1.85. The molecule has 0 saturated carbocycles. The van der Waals surface area contributed by atoms with Crippen molar-refractivity contribution >= 4 is 0 Å². The summed E-state index contributed by atoms with van der Waals surface area (Å²) >= 11 is 0. The monoisotopic (exact) mass is 148 g/mol. The highest BCUT2D eigenvalue weighted by Gasteiger charge is 2.29. The van der Waals surface area contributed by atoms with Gasteiger partial charge in [-0.25, -0.2) is 0 Å². The fourth-order valence-corrected chi connectivity index (χ4v) is 2.30. The van der Waals surface area contributed by atoms with Crippen molar-refractivity contribution in [3.05, 3.63) is 24.3 Å². The van der Waals surface area contributed by atoms with E-state index in [9.17, 15) is 0 Å². The molecule has 0 heterocycles. The molecule has 0 heteroatoms. The van der Waals surface area contributed by atoms with Gasteiger partial charge in [0.15, 0.2) is 0 Å². The Morgan fingerprint density at radius 3 is 1.82 bits per heavy atom. The molecule has 0 aromatic rings. The highest BCUT2D eigenvalue weighted by atomic mass is 14.3. The Labute approximate surface area is 69.0 Å². The average Bonchev–Trinajstić information content (AvgIpc) is 2.32. The van der Waals surface area contributed by atoms with Gasteiger partial charge >= 0.3 is 0 Å². The van der Waals surface area contributed by atoms with Gasteiger partial charge < -0.3 is 0 Å². The van der Waals surface area contributed by atoms with Crippen molar-refractivity contribution in [3.63, 3.8) is 0 Å². The molecular weight excluding hydrogens is 132 g/mol. The Morgan fingerprint density at radius 2 is 1.27 bits per heavy atom. The molecule has 0 fully saturated rings. The molecule has 2 aliphatic carbocycles. The molecule has 0 nitrogen and oxygen atoms in total. The summed E-state index contributed by atoms with van der Waals surface area (Å²) in [5, 5.41) is 0. The lowest BCUT2D eigenvalue weighted by molar-refractivity contribution is 0.269. The molecule has 0 bridgehead atoms. The van der Waals surface area contributed by atoms with Crippen LogP contribution in [0.15, 0.2) is 24.3 Å². The zero-order chi connectivity index (χ0) is 7.57. The molecule has 0 aromatic heterocycles. The molecule has 2 rings (SSSR count). The maximum absolute atomic E-state index is 2.37. The first kappa shape index (κ1) is 7.15. The highest BCUT2D eigenvalue weighted by molar-refractivity contribution is 5.05. The molecular formula is C11H16. The molecule has 0 atom stereocenters. The van der Waals surface area contributed by atoms with E-state index < -0.39 is 0 Å². The smallest absolute Gasteiger partial charge is 0.0223 e. The second-order valence-corrected chi connectivity index (χ2v) is 3.93. The van der Waals surface area contributed by atoms with Crippen LogP contribution >= 0.6 is 0 Å². The van der Waals surface area contributed by atoms with Crippen molar-refractivity contribution in [2.24, 2.45) is 5.41 Å². The largest absolute Gasteiger partial charge is 0.0885 e. The van der Waals surface area contributed by atoms with Gasteiger partial charge in [0.25, 0.3) is 0 Å². The quantitative estimate of drug-likeness (QED) is 0.461. The molecule has 1 spiro atoms. The molecule has 0 radical (unpaired) electrons. The first-order valence-corrected chi connectivity index (χ1v) is 4.71. The van der Waals surface area contributed by atoms with Crippen LogP contribution in [0.2, 0.25) is 0 Å². The van der Waals surface area contributed by atoms with Gasteiger partial charge in [-0.05, 0) is 43.9 Å². The van der Waals surface area contributed by atoms with E-state index >= 15 is 0 Å². The second-order valence-electron chi connectivity index (χ2n) is 3.93. The maximum Gasteiger partial charge on any atom is -0.0223 e. The molecule has 0 saturated heterocycles. The Hall–Kier alpha value is -0.520. The van der Waals surface area contributed by atoms with Crippen LogP contribution in [0.5, 0.6) is 0 Å². The van der Waals surface area contributed by atoms with E-state index in [1.54, 1.807) is 0 Å². The fraction of sp³-hybridized carbons (Fsp3) is 0.636. The molecule has 0 amide bonds. The third-order valence-electron chi connectivity index (χ3n) is 3.12. The van der Waals surface area contributed by atoms with E-state index in [0.717, 1.165) is 0 Å². The van der Waals surface area contributed by atoms with Gasteiger partial charge in [0.05, 0.1) is 0 Å². The molecule has 11 heavy (non-hydrogen) atoms. The summed E-state index contributed by atoms with van der Waals surface area (Å²) in [7, 11) is 0. The Morgan fingerprint density at radius 1 is 0.727 bits per heavy atom. The van der Waals surface area contributed by atoms with Crippen molar-refractivity contribution in [3.8, 4) is 0 Å². The van der Waals surface area contributed by atoms with E-state index in [1.165, 1.54) is 38.5 Å². The fourth-order valence-electron chi connectivity index (χ4n) is 2.30. The summed E-state index contributed by atoms with van der Waals surface area (Å²) in [6, 6.07) is 0. The SMILES string of the molecule is C1=CCCC2(CC=CC2)CC1. The number of allylic oxidation sites excluding steroid dienone is 4. The molecule has 0 N–H and O–H groups in total. The summed E-state index contributed by atoms with van der Waals surface area (Å²) in [4.78, 5) is 0. The lowest BCUT2D eigenvalue weighted by Gasteiger charge is -2.26. The summed E-state index contributed by atoms with van der Waals surface area (Å²) in [5.74, 6) is 0. The lowest BCUT2D eigenvalue weighted by Crippen LogP contribution is -2.14. The molecule has 2 aliphatic rings. The summed E-state index contributed by atoms with van der Waals surface area (Å²) in [5.41, 5.74) is 0.684. The summed E-state index contributed by atoms with van der Waals surface area (Å²) in [6.45, 7) is 0. The second kappa shape index (κ2) is 2.84. The predicted molar refractivity (Wildman–Crippen MR) is 48.4 cm³/mol. The van der Waals surface area contributed by atoms with E-state index in [0.29, 0.717) is 5.41 Å². The van der Waals surface area contributed by atoms with Gasteiger partial charge in [0, 0.05) is 0 Å². The maximum atomic E-state index is 2.37. The van der Waals surface area contributed by atoms with Gasteiger partial charge in [0.2, 0.25) is 0 Å². The molecule has 0 unspecified atom stereocenters. The van der Waals surface area contributed by atoms with Gasteiger partial charge in [-0.15, -0.1) is 0 Å². The minimum atomic E-state index is 0.684. The van der Waals surface area contributed by atoms with Crippen LogP contribution < -0.4 is 0 Å². The van der Waals surface area contributed by atoms with E-state index in [2.05, 4.69) is 24.3 Å². The topological polar surface area (TPSA) is 0 Å². The third kappa shape index (κ3) is 1.40. The molecule has 0 aliphatic heterocycles.